The number of aryl methyl sites for hydroxylation is 1. The van der Waals surface area contributed by atoms with Gasteiger partial charge in [-0.25, -0.2) is 14.4 Å². The predicted octanol–water partition coefficient (Wildman–Crippen LogP) is 3.26. The number of aromatic nitrogens is 2. The second kappa shape index (κ2) is 9.76. The molecule has 0 spiro atoms. The molecule has 1 unspecified atom stereocenters. The summed E-state index contributed by atoms with van der Waals surface area (Å²) >= 11 is 0. The van der Waals surface area contributed by atoms with Crippen LogP contribution >= 0.6 is 0 Å². The summed E-state index contributed by atoms with van der Waals surface area (Å²) in [6, 6.07) is 10.4. The van der Waals surface area contributed by atoms with Crippen molar-refractivity contribution in [1.82, 2.24) is 15.3 Å². The van der Waals surface area contributed by atoms with E-state index in [0.717, 1.165) is 11.3 Å². The van der Waals surface area contributed by atoms with E-state index in [-0.39, 0.29) is 24.0 Å². The van der Waals surface area contributed by atoms with Gasteiger partial charge in [0.15, 0.2) is 0 Å². The fourth-order valence-electron chi connectivity index (χ4n) is 4.48. The van der Waals surface area contributed by atoms with Crippen LogP contribution in [0.3, 0.4) is 0 Å². The number of amides is 1. The monoisotopic (exact) mass is 502 g/mol. The Hall–Kier alpha value is -4.07. The summed E-state index contributed by atoms with van der Waals surface area (Å²) in [5, 5.41) is 28.8. The molecule has 9 nitrogen and oxygen atoms in total. The maximum absolute atomic E-state index is 14.6. The number of aliphatic hydroxyl groups excluding tert-OH is 1. The average Bonchev–Trinajstić information content (AvgIpc) is 3.21. The Morgan fingerprint density at radius 2 is 2.16 bits per heavy atom. The molecule has 3 aromatic rings. The molecule has 0 saturated carbocycles. The molecule has 37 heavy (non-hydrogen) atoms. The predicted molar refractivity (Wildman–Crippen MR) is 136 cm³/mol. The van der Waals surface area contributed by atoms with Crippen LogP contribution in [-0.2, 0) is 10.2 Å². The number of nitriles is 1. The molecular weight excluding hydrogens is 475 g/mol. The van der Waals surface area contributed by atoms with E-state index in [4.69, 9.17) is 4.74 Å². The first kappa shape index (κ1) is 24.6. The van der Waals surface area contributed by atoms with E-state index in [2.05, 4.69) is 32.0 Å². The fraction of sp³-hybridized carbons (Fsp3) is 0.333. The Labute approximate surface area is 213 Å². The quantitative estimate of drug-likeness (QED) is 0.387. The number of halogens is 1. The van der Waals surface area contributed by atoms with Crippen LogP contribution in [-0.4, -0.2) is 53.9 Å². The first-order valence-electron chi connectivity index (χ1n) is 12.0. The van der Waals surface area contributed by atoms with Crippen molar-refractivity contribution in [3.05, 3.63) is 64.6 Å². The van der Waals surface area contributed by atoms with Crippen LogP contribution < -0.4 is 16.0 Å². The number of carbonyl (C=O) groups is 1. The number of hydrogen-bond acceptors (Lipinski definition) is 8. The van der Waals surface area contributed by atoms with E-state index in [1.54, 1.807) is 25.3 Å². The molecule has 10 heteroatoms. The lowest BCUT2D eigenvalue weighted by atomic mass is 9.83. The molecule has 190 valence electrons. The highest BCUT2D eigenvalue weighted by Gasteiger charge is 2.36. The SMILES string of the molecule is Cc1cc(F)c(C(=O)NCC2COC2)cc1Nc1nccc(-c2cc(C#N)c3c(c2)C(C)(CO)CN3)n1. The maximum atomic E-state index is 14.6. The van der Waals surface area contributed by atoms with Crippen molar-refractivity contribution < 1.29 is 19.0 Å². The molecule has 3 heterocycles. The number of fused-ring (bicyclic) bond motifs is 1. The molecule has 4 N–H and O–H groups in total. The third kappa shape index (κ3) is 4.71. The molecule has 0 aliphatic carbocycles. The van der Waals surface area contributed by atoms with Crippen molar-refractivity contribution in [2.24, 2.45) is 5.92 Å². The van der Waals surface area contributed by atoms with Gasteiger partial charge in [0.1, 0.15) is 11.9 Å². The number of carbonyl (C=O) groups excluding carboxylic acids is 1. The van der Waals surface area contributed by atoms with Gasteiger partial charge in [-0.3, -0.25) is 4.79 Å². The van der Waals surface area contributed by atoms with Crippen LogP contribution in [0.15, 0.2) is 36.5 Å². The van der Waals surface area contributed by atoms with E-state index >= 15 is 0 Å². The molecule has 2 aliphatic rings. The molecule has 2 aliphatic heterocycles. The van der Waals surface area contributed by atoms with Gasteiger partial charge in [0.25, 0.3) is 5.91 Å². The van der Waals surface area contributed by atoms with Gasteiger partial charge >= 0.3 is 0 Å². The molecule has 1 amide bonds. The van der Waals surface area contributed by atoms with E-state index < -0.39 is 17.1 Å². The highest BCUT2D eigenvalue weighted by molar-refractivity contribution is 5.95. The van der Waals surface area contributed by atoms with E-state index in [1.807, 2.05) is 13.0 Å². The highest BCUT2D eigenvalue weighted by Crippen LogP contribution is 2.41. The van der Waals surface area contributed by atoms with Gasteiger partial charge in [0, 0.05) is 41.9 Å². The van der Waals surface area contributed by atoms with Crippen molar-refractivity contribution in [3.63, 3.8) is 0 Å². The second-order valence-corrected chi connectivity index (χ2v) is 9.78. The number of hydrogen-bond donors (Lipinski definition) is 4. The van der Waals surface area contributed by atoms with Crippen LogP contribution in [0.25, 0.3) is 11.3 Å². The van der Waals surface area contributed by atoms with E-state index in [0.29, 0.717) is 54.4 Å². The van der Waals surface area contributed by atoms with Crippen molar-refractivity contribution >= 4 is 23.2 Å². The number of nitrogens with zero attached hydrogens (tertiary/aromatic N) is 3. The fourth-order valence-corrected chi connectivity index (χ4v) is 4.48. The summed E-state index contributed by atoms with van der Waals surface area (Å²) in [4.78, 5) is 21.5. The molecule has 1 aromatic heterocycles. The smallest absolute Gasteiger partial charge is 0.254 e. The minimum atomic E-state index is -0.609. The van der Waals surface area contributed by atoms with E-state index in [9.17, 15) is 19.6 Å². The first-order valence-corrected chi connectivity index (χ1v) is 12.0. The van der Waals surface area contributed by atoms with Gasteiger partial charge in [0.05, 0.1) is 42.3 Å². The number of aliphatic hydroxyl groups is 1. The van der Waals surface area contributed by atoms with Crippen LogP contribution in [0.1, 0.15) is 34.0 Å². The summed E-state index contributed by atoms with van der Waals surface area (Å²) in [5.74, 6) is -0.599. The average molecular weight is 503 g/mol. The molecule has 0 bridgehead atoms. The van der Waals surface area contributed by atoms with Gasteiger partial charge in [0.2, 0.25) is 5.95 Å². The number of rotatable bonds is 7. The Balaban J connectivity index is 1.43. The van der Waals surface area contributed by atoms with Gasteiger partial charge < -0.3 is 25.8 Å². The first-order chi connectivity index (χ1) is 17.8. The Kier molecular flexibility index (Phi) is 6.50. The van der Waals surface area contributed by atoms with Gasteiger partial charge in [-0.15, -0.1) is 0 Å². The number of ether oxygens (including phenoxy) is 1. The van der Waals surface area contributed by atoms with Crippen molar-refractivity contribution in [1.29, 1.82) is 5.26 Å². The molecular formula is C27H27FN6O3. The third-order valence-electron chi connectivity index (χ3n) is 6.93. The maximum Gasteiger partial charge on any atom is 0.254 e. The van der Waals surface area contributed by atoms with Crippen LogP contribution in [0.4, 0.5) is 21.7 Å². The van der Waals surface area contributed by atoms with Gasteiger partial charge in [-0.1, -0.05) is 6.92 Å². The number of benzene rings is 2. The summed E-state index contributed by atoms with van der Waals surface area (Å²) in [6.45, 7) is 5.74. The normalized spacial score (nSPS) is 18.4. The number of nitrogens with one attached hydrogen (secondary N) is 3. The summed E-state index contributed by atoms with van der Waals surface area (Å²) < 4.78 is 19.7. The standard InChI is InChI=1S/C27H27FN6O3/c1-15-5-21(28)19(25(36)31-10-16-11-37-12-16)8-23(15)34-26-30-4-3-22(33-26)17-6-18(9-29)24-20(7-17)27(2,14-35)13-32-24/h3-8,16,32,35H,10-14H2,1-2H3,(H,31,36)(H,30,33,34). The summed E-state index contributed by atoms with van der Waals surface area (Å²) in [7, 11) is 0. The topological polar surface area (TPSA) is 132 Å². The Bertz CT molecular complexity index is 1420. The Morgan fingerprint density at radius 1 is 1.35 bits per heavy atom. The molecule has 0 radical (unpaired) electrons. The van der Waals surface area contributed by atoms with Gasteiger partial charge in [-0.05, 0) is 48.4 Å². The van der Waals surface area contributed by atoms with Crippen LogP contribution in [0.2, 0.25) is 0 Å². The lowest BCUT2D eigenvalue weighted by Crippen LogP contribution is -2.39. The zero-order valence-electron chi connectivity index (χ0n) is 20.6. The van der Waals surface area contributed by atoms with Crippen LogP contribution in [0.5, 0.6) is 0 Å². The van der Waals surface area contributed by atoms with Crippen molar-refractivity contribution in [2.45, 2.75) is 19.3 Å². The Morgan fingerprint density at radius 3 is 2.86 bits per heavy atom. The molecule has 1 saturated heterocycles. The van der Waals surface area contributed by atoms with Crippen molar-refractivity contribution in [3.8, 4) is 17.3 Å². The lowest BCUT2D eigenvalue weighted by molar-refractivity contribution is -0.0298. The second-order valence-electron chi connectivity index (χ2n) is 9.78. The molecule has 1 atom stereocenters. The minimum Gasteiger partial charge on any atom is -0.395 e. The molecule has 2 aromatic carbocycles. The number of anilines is 3. The van der Waals surface area contributed by atoms with Crippen molar-refractivity contribution in [2.75, 3.05) is 43.5 Å². The largest absolute Gasteiger partial charge is 0.395 e. The van der Waals surface area contributed by atoms with E-state index in [1.165, 1.54) is 12.1 Å². The highest BCUT2D eigenvalue weighted by atomic mass is 19.1. The minimum absolute atomic E-state index is 0.0634. The third-order valence-corrected chi connectivity index (χ3v) is 6.93. The molecule has 1 fully saturated rings. The molecule has 5 rings (SSSR count). The zero-order chi connectivity index (χ0) is 26.2. The van der Waals surface area contributed by atoms with Crippen LogP contribution in [0, 0.1) is 30.0 Å². The van der Waals surface area contributed by atoms with Gasteiger partial charge in [-0.2, -0.15) is 5.26 Å². The summed E-state index contributed by atoms with van der Waals surface area (Å²) in [6.07, 6.45) is 1.58. The lowest BCUT2D eigenvalue weighted by Gasteiger charge is -2.26. The summed E-state index contributed by atoms with van der Waals surface area (Å²) in [5.41, 5.74) is 3.84. The zero-order valence-corrected chi connectivity index (χ0v) is 20.6.